The molecular formula is C20H30N4O3S. The average Bonchev–Trinajstić information content (AvgIpc) is 3.12. The number of para-hydroxylation sites is 1. The van der Waals surface area contributed by atoms with Crippen LogP contribution in [0.25, 0.3) is 0 Å². The van der Waals surface area contributed by atoms with Crippen molar-refractivity contribution in [3.8, 4) is 0 Å². The maximum atomic E-state index is 12.4. The van der Waals surface area contributed by atoms with Crippen LogP contribution < -0.4 is 4.90 Å². The molecule has 8 heteroatoms. The first kappa shape index (κ1) is 20.8. The van der Waals surface area contributed by atoms with Crippen molar-refractivity contribution in [3.63, 3.8) is 0 Å². The van der Waals surface area contributed by atoms with E-state index in [2.05, 4.69) is 46.0 Å². The molecule has 0 radical (unpaired) electrons. The van der Waals surface area contributed by atoms with E-state index in [0.717, 1.165) is 25.3 Å². The number of sulfone groups is 1. The summed E-state index contributed by atoms with van der Waals surface area (Å²) in [5, 5.41) is 0.151. The van der Waals surface area contributed by atoms with E-state index in [9.17, 15) is 8.42 Å². The monoisotopic (exact) mass is 406 g/mol. The Kier molecular flexibility index (Phi) is 6.74. The third kappa shape index (κ3) is 4.56. The van der Waals surface area contributed by atoms with E-state index in [1.165, 1.54) is 5.69 Å². The van der Waals surface area contributed by atoms with Gasteiger partial charge in [-0.1, -0.05) is 25.1 Å². The first-order valence-electron chi connectivity index (χ1n) is 9.76. The molecule has 154 valence electrons. The van der Waals surface area contributed by atoms with Gasteiger partial charge in [-0.25, -0.2) is 13.4 Å². The normalized spacial score (nSPS) is 18.5. The van der Waals surface area contributed by atoms with Crippen LogP contribution in [0.1, 0.15) is 19.5 Å². The van der Waals surface area contributed by atoms with Crippen LogP contribution in [0.15, 0.2) is 41.7 Å². The smallest absolute Gasteiger partial charge is 0.227 e. The molecule has 2 heterocycles. The van der Waals surface area contributed by atoms with Gasteiger partial charge in [0.05, 0.1) is 24.3 Å². The zero-order chi connectivity index (χ0) is 20.1. The second-order valence-electron chi connectivity index (χ2n) is 7.18. The van der Waals surface area contributed by atoms with Crippen molar-refractivity contribution < 1.29 is 13.2 Å². The highest BCUT2D eigenvalue weighted by Crippen LogP contribution is 2.21. The number of ether oxygens (including phenoxy) is 1. The fourth-order valence-corrected chi connectivity index (χ4v) is 4.64. The second-order valence-corrected chi connectivity index (χ2v) is 9.35. The number of hydrogen-bond donors (Lipinski definition) is 0. The van der Waals surface area contributed by atoms with Gasteiger partial charge in [-0.2, -0.15) is 0 Å². The van der Waals surface area contributed by atoms with Crippen LogP contribution in [0.4, 0.5) is 5.69 Å². The zero-order valence-corrected chi connectivity index (χ0v) is 17.7. The minimum absolute atomic E-state index is 0.0442. The molecule has 0 aliphatic carbocycles. The van der Waals surface area contributed by atoms with Crippen molar-refractivity contribution in [1.29, 1.82) is 0 Å². The number of piperazine rings is 1. The maximum Gasteiger partial charge on any atom is 0.227 e. The number of anilines is 1. The number of benzene rings is 1. The number of nitrogens with zero attached hydrogens (tertiary/aromatic N) is 4. The van der Waals surface area contributed by atoms with Crippen LogP contribution >= 0.6 is 0 Å². The summed E-state index contributed by atoms with van der Waals surface area (Å²) in [6.45, 7) is 8.29. The number of rotatable bonds is 8. The van der Waals surface area contributed by atoms with E-state index >= 15 is 0 Å². The molecule has 0 unspecified atom stereocenters. The Balaban J connectivity index is 1.75. The highest BCUT2D eigenvalue weighted by atomic mass is 32.2. The van der Waals surface area contributed by atoms with Crippen LogP contribution in [0.5, 0.6) is 0 Å². The van der Waals surface area contributed by atoms with E-state index < -0.39 is 9.84 Å². The minimum Gasteiger partial charge on any atom is -0.383 e. The van der Waals surface area contributed by atoms with Crippen LogP contribution in [-0.4, -0.2) is 68.0 Å². The summed E-state index contributed by atoms with van der Waals surface area (Å²) in [6.07, 6.45) is 1.70. The Labute approximate surface area is 167 Å². The largest absolute Gasteiger partial charge is 0.383 e. The van der Waals surface area contributed by atoms with Crippen LogP contribution in [0.3, 0.4) is 0 Å². The molecule has 0 saturated carbocycles. The minimum atomic E-state index is -3.37. The molecule has 7 nitrogen and oxygen atoms in total. The highest BCUT2D eigenvalue weighted by molar-refractivity contribution is 7.91. The fourth-order valence-electron chi connectivity index (χ4n) is 3.63. The Bertz CT molecular complexity index is 867. The molecule has 28 heavy (non-hydrogen) atoms. The van der Waals surface area contributed by atoms with E-state index in [1.807, 2.05) is 6.07 Å². The lowest BCUT2D eigenvalue weighted by Gasteiger charge is -2.41. The molecule has 2 aromatic rings. The number of methoxy groups -OCH3 is 1. The molecule has 1 atom stereocenters. The van der Waals surface area contributed by atoms with Crippen molar-refractivity contribution in [2.75, 3.05) is 44.0 Å². The third-order valence-corrected chi connectivity index (χ3v) is 6.97. The lowest BCUT2D eigenvalue weighted by Crippen LogP contribution is -2.51. The molecule has 0 bridgehead atoms. The van der Waals surface area contributed by atoms with Gasteiger partial charge in [-0.05, 0) is 19.1 Å². The standard InChI is InChI=1S/C20H30N4O3S/c1-4-28(25,26)20-21-14-19(24(20)12-13-27-3)16-22-10-11-23(15-17(22)2)18-8-6-5-7-9-18/h5-9,14,17H,4,10-13,15-16H2,1-3H3/t17-/m0/s1. The van der Waals surface area contributed by atoms with E-state index in [-0.39, 0.29) is 10.9 Å². The zero-order valence-electron chi connectivity index (χ0n) is 16.9. The summed E-state index contributed by atoms with van der Waals surface area (Å²) in [7, 11) is -1.75. The Morgan fingerprint density at radius 3 is 2.61 bits per heavy atom. The molecule has 0 N–H and O–H groups in total. The van der Waals surface area contributed by atoms with Gasteiger partial charge in [-0.3, -0.25) is 4.90 Å². The summed E-state index contributed by atoms with van der Waals surface area (Å²) in [5.74, 6) is 0.0442. The summed E-state index contributed by atoms with van der Waals surface area (Å²) in [6, 6.07) is 10.8. The summed E-state index contributed by atoms with van der Waals surface area (Å²) in [5.41, 5.74) is 2.17. The third-order valence-electron chi connectivity index (χ3n) is 5.33. The molecule has 3 rings (SSSR count). The number of aromatic nitrogens is 2. The van der Waals surface area contributed by atoms with Crippen LogP contribution in [-0.2, 0) is 27.7 Å². The molecular weight excluding hydrogens is 376 g/mol. The van der Waals surface area contributed by atoms with Gasteiger partial charge in [0.1, 0.15) is 0 Å². The first-order valence-corrected chi connectivity index (χ1v) is 11.4. The van der Waals surface area contributed by atoms with Crippen molar-refractivity contribution in [1.82, 2.24) is 14.5 Å². The molecule has 1 fully saturated rings. The van der Waals surface area contributed by atoms with Gasteiger partial charge >= 0.3 is 0 Å². The summed E-state index contributed by atoms with van der Waals surface area (Å²) < 4.78 is 31.8. The topological polar surface area (TPSA) is 67.7 Å². The highest BCUT2D eigenvalue weighted by Gasteiger charge is 2.27. The molecule has 1 aromatic carbocycles. The van der Waals surface area contributed by atoms with Crippen molar-refractivity contribution in [3.05, 3.63) is 42.2 Å². The van der Waals surface area contributed by atoms with Crippen molar-refractivity contribution in [2.45, 2.75) is 38.1 Å². The van der Waals surface area contributed by atoms with Gasteiger partial charge < -0.3 is 14.2 Å². The summed E-state index contributed by atoms with van der Waals surface area (Å²) in [4.78, 5) is 9.04. The van der Waals surface area contributed by atoms with Crippen molar-refractivity contribution in [2.24, 2.45) is 0 Å². The molecule has 1 aliphatic heterocycles. The average molecular weight is 407 g/mol. The quantitative estimate of drug-likeness (QED) is 0.668. The Morgan fingerprint density at radius 2 is 1.96 bits per heavy atom. The van der Waals surface area contributed by atoms with Crippen LogP contribution in [0, 0.1) is 0 Å². The van der Waals surface area contributed by atoms with E-state index in [1.54, 1.807) is 24.8 Å². The summed E-state index contributed by atoms with van der Waals surface area (Å²) >= 11 is 0. The van der Waals surface area contributed by atoms with Gasteiger partial charge in [0, 0.05) is 51.6 Å². The van der Waals surface area contributed by atoms with E-state index in [0.29, 0.717) is 25.7 Å². The lowest BCUT2D eigenvalue weighted by molar-refractivity contribution is 0.166. The van der Waals surface area contributed by atoms with Crippen LogP contribution in [0.2, 0.25) is 0 Å². The van der Waals surface area contributed by atoms with Gasteiger partial charge in [-0.15, -0.1) is 0 Å². The molecule has 1 saturated heterocycles. The van der Waals surface area contributed by atoms with Gasteiger partial charge in [0.2, 0.25) is 15.0 Å². The predicted octanol–water partition coefficient (Wildman–Crippen LogP) is 2.03. The Hall–Kier alpha value is -1.90. The molecule has 0 amide bonds. The second kappa shape index (κ2) is 9.07. The van der Waals surface area contributed by atoms with Gasteiger partial charge in [0.25, 0.3) is 0 Å². The molecule has 0 spiro atoms. The van der Waals surface area contributed by atoms with Gasteiger partial charge in [0.15, 0.2) is 0 Å². The number of imidazole rings is 1. The van der Waals surface area contributed by atoms with E-state index in [4.69, 9.17) is 4.74 Å². The lowest BCUT2D eigenvalue weighted by atomic mass is 10.1. The number of hydrogen-bond acceptors (Lipinski definition) is 6. The van der Waals surface area contributed by atoms with Crippen molar-refractivity contribution >= 4 is 15.5 Å². The molecule has 1 aliphatic rings. The SMILES string of the molecule is CCS(=O)(=O)c1ncc(CN2CCN(c3ccccc3)C[C@@H]2C)n1CCOC. The fraction of sp³-hybridized carbons (Fsp3) is 0.550. The predicted molar refractivity (Wildman–Crippen MR) is 110 cm³/mol. The maximum absolute atomic E-state index is 12.4. The Morgan fingerprint density at radius 1 is 1.21 bits per heavy atom. The first-order chi connectivity index (χ1) is 13.5. The molecule has 1 aromatic heterocycles.